The van der Waals surface area contributed by atoms with Crippen LogP contribution in [0.4, 0.5) is 14.5 Å². The molecule has 1 unspecified atom stereocenters. The third kappa shape index (κ3) is 4.56. The molecule has 148 valence electrons. The maximum Gasteiger partial charge on any atom is 0.355 e. The van der Waals surface area contributed by atoms with Crippen molar-refractivity contribution in [1.82, 2.24) is 15.0 Å². The summed E-state index contributed by atoms with van der Waals surface area (Å²) in [6.45, 7) is -0.582. The molecule has 1 aromatic heterocycles. The molecule has 1 atom stereocenters. The highest BCUT2D eigenvalue weighted by Gasteiger charge is 2.29. The first-order valence-electron chi connectivity index (χ1n) is 7.28. The Morgan fingerprint density at radius 3 is 2.44 bits per heavy atom. The fourth-order valence-electron chi connectivity index (χ4n) is 2.08. The zero-order chi connectivity index (χ0) is 20.2. The van der Waals surface area contributed by atoms with E-state index in [0.717, 1.165) is 0 Å². The predicted molar refractivity (Wildman–Crippen MR) is 87.9 cm³/mol. The number of sulfonamides is 1. The van der Waals surface area contributed by atoms with Gasteiger partial charge in [-0.3, -0.25) is 4.72 Å². The summed E-state index contributed by atoms with van der Waals surface area (Å²) < 4.78 is 60.2. The Labute approximate surface area is 152 Å². The Morgan fingerprint density at radius 1 is 1.19 bits per heavy atom. The maximum absolute atomic E-state index is 12.8. The summed E-state index contributed by atoms with van der Waals surface area (Å²) >= 11 is 0. The van der Waals surface area contributed by atoms with E-state index in [-0.39, 0.29) is 29.0 Å². The van der Waals surface area contributed by atoms with Crippen molar-refractivity contribution in [3.05, 3.63) is 35.4 Å². The normalized spacial score (nSPS) is 12.7. The van der Waals surface area contributed by atoms with Gasteiger partial charge in [0.1, 0.15) is 18.5 Å². The number of anilines is 1. The summed E-state index contributed by atoms with van der Waals surface area (Å²) in [5.74, 6) is -4.23. The summed E-state index contributed by atoms with van der Waals surface area (Å²) in [5.41, 5.74) is -0.562. The number of alkyl halides is 2. The minimum atomic E-state index is -5.04. The SMILES string of the molecule is COc1nc(CO)nc(C(O)c2cccc(OC)c2NS(=O)(=O)C(F)F)n1. The molecule has 0 fully saturated rings. The van der Waals surface area contributed by atoms with E-state index in [2.05, 4.69) is 15.0 Å². The second-order valence-electron chi connectivity index (χ2n) is 4.99. The van der Waals surface area contributed by atoms with E-state index in [4.69, 9.17) is 9.47 Å². The third-order valence-electron chi connectivity index (χ3n) is 3.30. The van der Waals surface area contributed by atoms with Gasteiger partial charge in [-0.15, -0.1) is 0 Å². The molecule has 0 aliphatic heterocycles. The van der Waals surface area contributed by atoms with Crippen LogP contribution in [0.5, 0.6) is 11.8 Å². The quantitative estimate of drug-likeness (QED) is 0.568. The molecule has 0 radical (unpaired) electrons. The van der Waals surface area contributed by atoms with E-state index in [0.29, 0.717) is 0 Å². The van der Waals surface area contributed by atoms with Gasteiger partial charge in [-0.1, -0.05) is 12.1 Å². The molecule has 1 heterocycles. The summed E-state index contributed by atoms with van der Waals surface area (Å²) in [7, 11) is -2.59. The van der Waals surface area contributed by atoms with Crippen LogP contribution < -0.4 is 14.2 Å². The molecular formula is C14H16F2N4O6S. The second-order valence-corrected chi connectivity index (χ2v) is 6.64. The fraction of sp³-hybridized carbons (Fsp3) is 0.357. The Bertz CT molecular complexity index is 890. The molecule has 0 saturated carbocycles. The van der Waals surface area contributed by atoms with Crippen LogP contribution in [0.25, 0.3) is 0 Å². The van der Waals surface area contributed by atoms with E-state index in [1.165, 1.54) is 32.4 Å². The molecule has 10 nitrogen and oxygen atoms in total. The van der Waals surface area contributed by atoms with Gasteiger partial charge in [-0.2, -0.15) is 18.7 Å². The van der Waals surface area contributed by atoms with Gasteiger partial charge in [0.25, 0.3) is 10.0 Å². The molecule has 3 N–H and O–H groups in total. The van der Waals surface area contributed by atoms with E-state index < -0.39 is 34.2 Å². The number of nitrogens with one attached hydrogen (secondary N) is 1. The van der Waals surface area contributed by atoms with Crippen molar-refractivity contribution < 1.29 is 36.9 Å². The zero-order valence-corrected chi connectivity index (χ0v) is 14.9. The number of ether oxygens (including phenoxy) is 2. The molecule has 2 aromatic rings. The number of rotatable bonds is 8. The lowest BCUT2D eigenvalue weighted by atomic mass is 10.1. The topological polar surface area (TPSA) is 144 Å². The van der Waals surface area contributed by atoms with Crippen molar-refractivity contribution in [2.75, 3.05) is 18.9 Å². The fourth-order valence-corrected chi connectivity index (χ4v) is 2.67. The number of aliphatic hydroxyl groups excluding tert-OH is 2. The van der Waals surface area contributed by atoms with Gasteiger partial charge < -0.3 is 19.7 Å². The Balaban J connectivity index is 2.58. The number of benzene rings is 1. The number of halogens is 2. The number of aromatic nitrogens is 3. The van der Waals surface area contributed by atoms with Crippen LogP contribution in [0.2, 0.25) is 0 Å². The Morgan fingerprint density at radius 2 is 1.89 bits per heavy atom. The van der Waals surface area contributed by atoms with E-state index in [1.807, 2.05) is 0 Å². The lowest BCUT2D eigenvalue weighted by molar-refractivity contribution is 0.203. The molecule has 13 heteroatoms. The summed E-state index contributed by atoms with van der Waals surface area (Å²) in [6, 6.07) is 3.78. The maximum atomic E-state index is 12.8. The molecule has 2 rings (SSSR count). The van der Waals surface area contributed by atoms with E-state index in [1.54, 1.807) is 4.72 Å². The molecule has 0 aliphatic rings. The van der Waals surface area contributed by atoms with Gasteiger partial charge in [0, 0.05) is 5.56 Å². The van der Waals surface area contributed by atoms with Crippen molar-refractivity contribution in [1.29, 1.82) is 0 Å². The molecule has 27 heavy (non-hydrogen) atoms. The van der Waals surface area contributed by atoms with Crippen LogP contribution >= 0.6 is 0 Å². The Hall–Kier alpha value is -2.64. The van der Waals surface area contributed by atoms with Crippen LogP contribution in [0.15, 0.2) is 18.2 Å². The predicted octanol–water partition coefficient (Wildman–Crippen LogP) is 0.427. The zero-order valence-electron chi connectivity index (χ0n) is 14.1. The molecular weight excluding hydrogens is 390 g/mol. The van der Waals surface area contributed by atoms with E-state index in [9.17, 15) is 27.4 Å². The highest BCUT2D eigenvalue weighted by Crippen LogP contribution is 2.35. The number of methoxy groups -OCH3 is 2. The van der Waals surface area contributed by atoms with Gasteiger partial charge in [0.2, 0.25) is 0 Å². The van der Waals surface area contributed by atoms with Crippen LogP contribution in [-0.2, 0) is 16.6 Å². The number of aliphatic hydroxyl groups is 2. The van der Waals surface area contributed by atoms with Crippen molar-refractivity contribution in [3.8, 4) is 11.8 Å². The smallest absolute Gasteiger partial charge is 0.355 e. The van der Waals surface area contributed by atoms with Gasteiger partial charge in [0.05, 0.1) is 19.9 Å². The number of hydrogen-bond acceptors (Lipinski definition) is 9. The second kappa shape index (κ2) is 8.37. The largest absolute Gasteiger partial charge is 0.495 e. The first kappa shape index (κ1) is 20.7. The van der Waals surface area contributed by atoms with Crippen molar-refractivity contribution in [2.45, 2.75) is 18.5 Å². The van der Waals surface area contributed by atoms with Gasteiger partial charge in [-0.05, 0) is 6.07 Å². The highest BCUT2D eigenvalue weighted by atomic mass is 32.2. The van der Waals surface area contributed by atoms with Crippen molar-refractivity contribution in [3.63, 3.8) is 0 Å². The molecule has 0 amide bonds. The monoisotopic (exact) mass is 406 g/mol. The van der Waals surface area contributed by atoms with Gasteiger partial charge in [-0.25, -0.2) is 13.4 Å². The average Bonchev–Trinajstić information content (AvgIpc) is 2.66. The molecule has 1 aromatic carbocycles. The average molecular weight is 406 g/mol. The Kier molecular flexibility index (Phi) is 6.41. The molecule has 0 saturated heterocycles. The minimum absolute atomic E-state index is 0.112. The van der Waals surface area contributed by atoms with Crippen LogP contribution in [-0.4, -0.2) is 53.6 Å². The van der Waals surface area contributed by atoms with Gasteiger partial charge in [0.15, 0.2) is 11.6 Å². The number of para-hydroxylation sites is 1. The van der Waals surface area contributed by atoms with Crippen molar-refractivity contribution >= 4 is 15.7 Å². The number of nitrogens with zero attached hydrogens (tertiary/aromatic N) is 3. The molecule has 0 spiro atoms. The van der Waals surface area contributed by atoms with E-state index >= 15 is 0 Å². The first-order valence-corrected chi connectivity index (χ1v) is 8.82. The lowest BCUT2D eigenvalue weighted by Crippen LogP contribution is -2.22. The lowest BCUT2D eigenvalue weighted by Gasteiger charge is -2.19. The molecule has 0 aliphatic carbocycles. The number of hydrogen-bond donors (Lipinski definition) is 3. The highest BCUT2D eigenvalue weighted by molar-refractivity contribution is 7.93. The minimum Gasteiger partial charge on any atom is -0.495 e. The third-order valence-corrected chi connectivity index (χ3v) is 4.26. The summed E-state index contributed by atoms with van der Waals surface area (Å²) in [4.78, 5) is 11.4. The van der Waals surface area contributed by atoms with Gasteiger partial charge >= 0.3 is 11.8 Å². The van der Waals surface area contributed by atoms with Crippen LogP contribution in [0.1, 0.15) is 23.3 Å². The van der Waals surface area contributed by atoms with Crippen LogP contribution in [0, 0.1) is 0 Å². The summed E-state index contributed by atoms with van der Waals surface area (Å²) in [6.07, 6.45) is -1.67. The first-order chi connectivity index (χ1) is 12.7. The van der Waals surface area contributed by atoms with Crippen molar-refractivity contribution in [2.24, 2.45) is 0 Å². The molecule has 0 bridgehead atoms. The standard InChI is InChI=1S/C14H16F2N4O6S/c1-25-8-5-3-4-7(10(8)20-27(23,24)13(15)16)11(22)12-17-9(6-21)18-14(19-12)26-2/h3-5,11,13,20-22H,6H2,1-2H3. The van der Waals surface area contributed by atoms with Crippen LogP contribution in [0.3, 0.4) is 0 Å². The summed E-state index contributed by atoms with van der Waals surface area (Å²) in [5, 5.41) is 19.8.